The molecule has 0 aromatic heterocycles. The molecular weight excluding hydrogens is 249 g/mol. The van der Waals surface area contributed by atoms with Crippen LogP contribution in [0.5, 0.6) is 0 Å². The Morgan fingerprint density at radius 1 is 1.33 bits per heavy atom. The van der Waals surface area contributed by atoms with E-state index in [1.165, 1.54) is 0 Å². The predicted molar refractivity (Wildman–Crippen MR) is 58.1 cm³/mol. The fraction of sp³-hybridized carbons (Fsp3) is 0.364. The summed E-state index contributed by atoms with van der Waals surface area (Å²) < 4.78 is 35.2. The summed E-state index contributed by atoms with van der Waals surface area (Å²) in [7, 11) is 0. The largest absolute Gasteiger partial charge is 0.414 e. The van der Waals surface area contributed by atoms with Crippen molar-refractivity contribution in [2.75, 3.05) is 6.61 Å². The van der Waals surface area contributed by atoms with Gasteiger partial charge in [-0.25, -0.2) is 5.48 Å². The number of nitrogens with one attached hydrogen (secondary N) is 1. The van der Waals surface area contributed by atoms with Crippen molar-refractivity contribution in [2.24, 2.45) is 5.73 Å². The number of rotatable bonds is 5. The van der Waals surface area contributed by atoms with E-state index in [0.717, 1.165) is 5.56 Å². The lowest BCUT2D eigenvalue weighted by Crippen LogP contribution is -2.31. The van der Waals surface area contributed by atoms with Crippen LogP contribution in [0.1, 0.15) is 18.0 Å². The average molecular weight is 262 g/mol. The van der Waals surface area contributed by atoms with Crippen molar-refractivity contribution in [1.82, 2.24) is 5.48 Å². The van der Waals surface area contributed by atoms with Crippen LogP contribution in [-0.2, 0) is 9.63 Å². The highest BCUT2D eigenvalue weighted by Crippen LogP contribution is 2.15. The molecule has 18 heavy (non-hydrogen) atoms. The fourth-order valence-electron chi connectivity index (χ4n) is 1.26. The molecule has 0 bridgehead atoms. The molecule has 0 aliphatic heterocycles. The summed E-state index contributed by atoms with van der Waals surface area (Å²) in [4.78, 5) is 15.2. The molecule has 0 saturated heterocycles. The zero-order valence-corrected chi connectivity index (χ0v) is 9.41. The number of amides is 1. The smallest absolute Gasteiger partial charge is 0.324 e. The Hall–Kier alpha value is -1.60. The maximum Gasteiger partial charge on any atom is 0.414 e. The molecular formula is C11H13F3N2O2. The molecule has 1 atom stereocenters. The Bertz CT molecular complexity index is 382. The molecule has 3 N–H and O–H groups in total. The van der Waals surface area contributed by atoms with Gasteiger partial charge in [0.25, 0.3) is 0 Å². The van der Waals surface area contributed by atoms with Crippen molar-refractivity contribution < 1.29 is 22.8 Å². The van der Waals surface area contributed by atoms with E-state index in [9.17, 15) is 18.0 Å². The topological polar surface area (TPSA) is 64.4 Å². The minimum Gasteiger partial charge on any atom is -0.324 e. The zero-order chi connectivity index (χ0) is 13.6. The summed E-state index contributed by atoms with van der Waals surface area (Å²) in [6.45, 7) is -1.53. The summed E-state index contributed by atoms with van der Waals surface area (Å²) in [5, 5.41) is 0. The van der Waals surface area contributed by atoms with Crippen LogP contribution < -0.4 is 11.2 Å². The molecule has 1 aromatic carbocycles. The number of benzene rings is 1. The molecule has 0 aliphatic carbocycles. The molecule has 0 spiro atoms. The summed E-state index contributed by atoms with van der Waals surface area (Å²) >= 11 is 0. The number of nitrogens with two attached hydrogens (primary N) is 1. The Balaban J connectivity index is 2.32. The third-order valence-corrected chi connectivity index (χ3v) is 2.05. The van der Waals surface area contributed by atoms with Gasteiger partial charge in [0.05, 0.1) is 0 Å². The van der Waals surface area contributed by atoms with Gasteiger partial charge >= 0.3 is 6.18 Å². The van der Waals surface area contributed by atoms with Crippen molar-refractivity contribution in [3.63, 3.8) is 0 Å². The van der Waals surface area contributed by atoms with Gasteiger partial charge in [0.1, 0.15) is 0 Å². The van der Waals surface area contributed by atoms with Gasteiger partial charge in [0, 0.05) is 12.5 Å². The van der Waals surface area contributed by atoms with Crippen molar-refractivity contribution in [3.8, 4) is 0 Å². The van der Waals surface area contributed by atoms with Gasteiger partial charge in [0.2, 0.25) is 5.91 Å². The summed E-state index contributed by atoms with van der Waals surface area (Å²) in [6, 6.07) is 8.19. The molecule has 1 unspecified atom stereocenters. The average Bonchev–Trinajstić information content (AvgIpc) is 2.28. The molecule has 4 nitrogen and oxygen atoms in total. The number of carbonyl (C=O) groups excluding carboxylic acids is 1. The Morgan fingerprint density at radius 2 is 1.94 bits per heavy atom. The van der Waals surface area contributed by atoms with E-state index in [1.54, 1.807) is 35.8 Å². The molecule has 7 heteroatoms. The van der Waals surface area contributed by atoms with Crippen molar-refractivity contribution >= 4 is 5.91 Å². The monoisotopic (exact) mass is 262 g/mol. The van der Waals surface area contributed by atoms with Crippen LogP contribution in [0, 0.1) is 0 Å². The van der Waals surface area contributed by atoms with Crippen molar-refractivity contribution in [1.29, 1.82) is 0 Å². The van der Waals surface area contributed by atoms with Gasteiger partial charge in [-0.05, 0) is 5.56 Å². The van der Waals surface area contributed by atoms with Gasteiger partial charge in [0.15, 0.2) is 6.61 Å². The molecule has 0 heterocycles. The first-order valence-electron chi connectivity index (χ1n) is 5.16. The standard InChI is InChI=1S/C11H13F3N2O2/c12-11(13,14)7-18-16-10(17)6-9(15)8-4-2-1-3-5-8/h1-5,9H,6-7,15H2,(H,16,17). The molecule has 1 amide bonds. The second-order valence-electron chi connectivity index (χ2n) is 3.65. The minimum atomic E-state index is -4.48. The first-order valence-corrected chi connectivity index (χ1v) is 5.16. The molecule has 0 saturated carbocycles. The molecule has 1 rings (SSSR count). The number of halogens is 3. The Labute approximate surface area is 102 Å². The van der Waals surface area contributed by atoms with Crippen LogP contribution in [0.25, 0.3) is 0 Å². The van der Waals surface area contributed by atoms with E-state index in [-0.39, 0.29) is 6.42 Å². The van der Waals surface area contributed by atoms with Crippen LogP contribution in [0.3, 0.4) is 0 Å². The van der Waals surface area contributed by atoms with Crippen molar-refractivity contribution in [2.45, 2.75) is 18.6 Å². The lowest BCUT2D eigenvalue weighted by molar-refractivity contribution is -0.191. The maximum atomic E-state index is 11.7. The van der Waals surface area contributed by atoms with Gasteiger partial charge in [-0.3, -0.25) is 9.63 Å². The normalized spacial score (nSPS) is 13.1. The third-order valence-electron chi connectivity index (χ3n) is 2.05. The summed E-state index contributed by atoms with van der Waals surface area (Å²) in [6.07, 6.45) is -4.63. The third kappa shape index (κ3) is 5.65. The molecule has 0 radical (unpaired) electrons. The Kier molecular flexibility index (Phi) is 5.11. The molecule has 100 valence electrons. The quantitative estimate of drug-likeness (QED) is 0.794. The first kappa shape index (κ1) is 14.5. The van der Waals surface area contributed by atoms with E-state index >= 15 is 0 Å². The van der Waals surface area contributed by atoms with Crippen LogP contribution in [-0.4, -0.2) is 18.7 Å². The predicted octanol–water partition coefficient (Wildman–Crippen LogP) is 1.69. The van der Waals surface area contributed by atoms with Crippen LogP contribution >= 0.6 is 0 Å². The molecule has 1 aromatic rings. The van der Waals surface area contributed by atoms with E-state index in [0.29, 0.717) is 0 Å². The first-order chi connectivity index (χ1) is 8.38. The highest BCUT2D eigenvalue weighted by molar-refractivity contribution is 5.75. The van der Waals surface area contributed by atoms with Crippen molar-refractivity contribution in [3.05, 3.63) is 35.9 Å². The second-order valence-corrected chi connectivity index (χ2v) is 3.65. The van der Waals surface area contributed by atoms with E-state index in [4.69, 9.17) is 5.73 Å². The SMILES string of the molecule is NC(CC(=O)NOCC(F)(F)F)c1ccccc1. The van der Waals surface area contributed by atoms with Crippen LogP contribution in [0.2, 0.25) is 0 Å². The van der Waals surface area contributed by atoms with Crippen LogP contribution in [0.15, 0.2) is 30.3 Å². The van der Waals surface area contributed by atoms with Gasteiger partial charge in [-0.2, -0.15) is 13.2 Å². The molecule has 0 fully saturated rings. The van der Waals surface area contributed by atoms with Crippen LogP contribution in [0.4, 0.5) is 13.2 Å². The highest BCUT2D eigenvalue weighted by atomic mass is 19.4. The zero-order valence-electron chi connectivity index (χ0n) is 9.41. The maximum absolute atomic E-state index is 11.7. The second kappa shape index (κ2) is 6.36. The Morgan fingerprint density at radius 3 is 2.50 bits per heavy atom. The lowest BCUT2D eigenvalue weighted by Gasteiger charge is -2.12. The highest BCUT2D eigenvalue weighted by Gasteiger charge is 2.28. The van der Waals surface area contributed by atoms with Gasteiger partial charge in [-0.1, -0.05) is 30.3 Å². The van der Waals surface area contributed by atoms with Gasteiger partial charge in [-0.15, -0.1) is 0 Å². The number of hydrogen-bond acceptors (Lipinski definition) is 3. The summed E-state index contributed by atoms with van der Waals surface area (Å²) in [5.41, 5.74) is 8.14. The van der Waals surface area contributed by atoms with Gasteiger partial charge < -0.3 is 5.73 Å². The minimum absolute atomic E-state index is 0.151. The molecule has 0 aliphatic rings. The summed E-state index contributed by atoms with van der Waals surface area (Å²) in [5.74, 6) is -0.699. The van der Waals surface area contributed by atoms with E-state index in [1.807, 2.05) is 0 Å². The van der Waals surface area contributed by atoms with E-state index in [2.05, 4.69) is 4.84 Å². The number of alkyl halides is 3. The lowest BCUT2D eigenvalue weighted by atomic mass is 10.1. The number of hydroxylamine groups is 1. The van der Waals surface area contributed by atoms with E-state index < -0.39 is 24.7 Å². The fourth-order valence-corrected chi connectivity index (χ4v) is 1.26. The number of hydrogen-bond donors (Lipinski definition) is 2. The number of carbonyl (C=O) groups is 1.